The van der Waals surface area contributed by atoms with Gasteiger partial charge < -0.3 is 5.32 Å². The number of hydrogen-bond acceptors (Lipinski definition) is 1. The molecule has 1 nitrogen and oxygen atoms in total. The molecule has 0 saturated heterocycles. The minimum absolute atomic E-state index is 0.0777. The molecule has 0 aliphatic heterocycles. The third-order valence-corrected chi connectivity index (χ3v) is 2.81. The molecule has 1 aromatic carbocycles. The Hall–Kier alpha value is -0.500. The summed E-state index contributed by atoms with van der Waals surface area (Å²) in [4.78, 5) is 0. The maximum Gasteiger partial charge on any atom is 0.134 e. The third kappa shape index (κ3) is 5.58. The van der Waals surface area contributed by atoms with E-state index in [0.717, 1.165) is 5.56 Å². The van der Waals surface area contributed by atoms with Gasteiger partial charge in [-0.15, -0.1) is 0 Å². The van der Waals surface area contributed by atoms with Crippen molar-refractivity contribution in [3.63, 3.8) is 0 Å². The maximum atomic E-state index is 6.16. The number of halogens is 2. The van der Waals surface area contributed by atoms with E-state index in [4.69, 9.17) is 23.2 Å². The maximum absolute atomic E-state index is 6.16. The van der Waals surface area contributed by atoms with Gasteiger partial charge in [0.1, 0.15) is 4.33 Å². The van der Waals surface area contributed by atoms with Gasteiger partial charge in [-0.3, -0.25) is 0 Å². The highest BCUT2D eigenvalue weighted by atomic mass is 35.5. The Bertz CT molecular complexity index is 352. The first-order valence-electron chi connectivity index (χ1n) is 5.76. The second-order valence-corrected chi connectivity index (χ2v) is 6.29. The van der Waals surface area contributed by atoms with Crippen LogP contribution in [0, 0.1) is 0 Å². The molecule has 0 saturated carbocycles. The lowest BCUT2D eigenvalue weighted by Crippen LogP contribution is -2.43. The van der Waals surface area contributed by atoms with Gasteiger partial charge in [-0.25, -0.2) is 0 Å². The molecule has 1 unspecified atom stereocenters. The van der Waals surface area contributed by atoms with Crippen molar-refractivity contribution in [2.24, 2.45) is 0 Å². The zero-order valence-electron chi connectivity index (χ0n) is 10.5. The van der Waals surface area contributed by atoms with Crippen LogP contribution in [-0.4, -0.2) is 16.4 Å². The molecule has 0 bridgehead atoms. The van der Waals surface area contributed by atoms with E-state index in [1.54, 1.807) is 6.92 Å². The summed E-state index contributed by atoms with van der Waals surface area (Å²) in [5, 5.41) is 3.34. The molecular formula is C14H19Cl2N. The molecule has 1 aromatic rings. The lowest BCUT2D eigenvalue weighted by Gasteiger charge is -2.26. The van der Waals surface area contributed by atoms with E-state index >= 15 is 0 Å². The van der Waals surface area contributed by atoms with Gasteiger partial charge in [0.15, 0.2) is 0 Å². The average molecular weight is 272 g/mol. The summed E-state index contributed by atoms with van der Waals surface area (Å²) >= 11 is 12.3. The molecule has 0 fully saturated rings. The van der Waals surface area contributed by atoms with Crippen LogP contribution < -0.4 is 5.32 Å². The SMILES string of the molecule is CC(C)NC(/C=C/c1ccccc1)C(C)(Cl)Cl. The zero-order valence-corrected chi connectivity index (χ0v) is 12.0. The van der Waals surface area contributed by atoms with Crippen LogP contribution >= 0.6 is 23.2 Å². The highest BCUT2D eigenvalue weighted by Crippen LogP contribution is 2.26. The molecule has 0 heterocycles. The van der Waals surface area contributed by atoms with Gasteiger partial charge in [0.05, 0.1) is 6.04 Å². The molecule has 1 N–H and O–H groups in total. The summed E-state index contributed by atoms with van der Waals surface area (Å²) in [6.45, 7) is 5.94. The summed E-state index contributed by atoms with van der Waals surface area (Å²) < 4.78 is -0.824. The first kappa shape index (κ1) is 14.6. The fraction of sp³-hybridized carbons (Fsp3) is 0.429. The fourth-order valence-corrected chi connectivity index (χ4v) is 1.77. The molecule has 0 spiro atoms. The number of alkyl halides is 2. The van der Waals surface area contributed by atoms with Crippen LogP contribution in [-0.2, 0) is 0 Å². The van der Waals surface area contributed by atoms with E-state index in [9.17, 15) is 0 Å². The van der Waals surface area contributed by atoms with Crippen molar-refractivity contribution < 1.29 is 0 Å². The monoisotopic (exact) mass is 271 g/mol. The van der Waals surface area contributed by atoms with E-state index in [-0.39, 0.29) is 6.04 Å². The lowest BCUT2D eigenvalue weighted by molar-refractivity contribution is 0.498. The summed E-state index contributed by atoms with van der Waals surface area (Å²) in [6.07, 6.45) is 4.04. The number of benzene rings is 1. The summed E-state index contributed by atoms with van der Waals surface area (Å²) in [5.41, 5.74) is 1.14. The predicted octanol–water partition coefficient (Wildman–Crippen LogP) is 4.26. The van der Waals surface area contributed by atoms with Gasteiger partial charge in [0.25, 0.3) is 0 Å². The Kier molecular flexibility index (Phi) is 5.51. The molecule has 1 rings (SSSR count). The van der Waals surface area contributed by atoms with Crippen LogP contribution in [0.5, 0.6) is 0 Å². The molecule has 3 heteroatoms. The molecule has 17 heavy (non-hydrogen) atoms. The van der Waals surface area contributed by atoms with E-state index in [1.807, 2.05) is 42.5 Å². The Labute approximate surface area is 114 Å². The van der Waals surface area contributed by atoms with Crippen LogP contribution in [0.1, 0.15) is 26.3 Å². The molecule has 1 atom stereocenters. The van der Waals surface area contributed by atoms with Crippen molar-refractivity contribution in [3.8, 4) is 0 Å². The molecule has 0 radical (unpaired) electrons. The van der Waals surface area contributed by atoms with Gasteiger partial charge in [0.2, 0.25) is 0 Å². The zero-order chi connectivity index (χ0) is 12.9. The Morgan fingerprint density at radius 2 is 1.76 bits per heavy atom. The van der Waals surface area contributed by atoms with E-state index in [0.29, 0.717) is 6.04 Å². The van der Waals surface area contributed by atoms with Crippen molar-refractivity contribution in [2.75, 3.05) is 0 Å². The first-order valence-corrected chi connectivity index (χ1v) is 6.52. The molecule has 0 aliphatic carbocycles. The van der Waals surface area contributed by atoms with Gasteiger partial charge >= 0.3 is 0 Å². The summed E-state index contributed by atoms with van der Waals surface area (Å²) in [7, 11) is 0. The van der Waals surface area contributed by atoms with Gasteiger partial charge in [-0.1, -0.05) is 79.5 Å². The highest BCUT2D eigenvalue weighted by molar-refractivity contribution is 6.48. The van der Waals surface area contributed by atoms with Gasteiger partial charge in [-0.05, 0) is 12.5 Å². The van der Waals surface area contributed by atoms with Crippen molar-refractivity contribution in [3.05, 3.63) is 42.0 Å². The minimum Gasteiger partial charge on any atom is -0.306 e. The summed E-state index contributed by atoms with van der Waals surface area (Å²) in [6, 6.07) is 10.3. The second-order valence-electron chi connectivity index (χ2n) is 4.53. The number of rotatable bonds is 5. The average Bonchev–Trinajstić information content (AvgIpc) is 2.23. The van der Waals surface area contributed by atoms with E-state index in [1.165, 1.54) is 0 Å². The Morgan fingerprint density at radius 1 is 1.18 bits per heavy atom. The van der Waals surface area contributed by atoms with Gasteiger partial charge in [0, 0.05) is 6.04 Å². The molecule has 94 valence electrons. The van der Waals surface area contributed by atoms with Crippen molar-refractivity contribution in [2.45, 2.75) is 37.2 Å². The number of nitrogens with one attached hydrogen (secondary N) is 1. The van der Waals surface area contributed by atoms with Crippen molar-refractivity contribution >= 4 is 29.3 Å². The van der Waals surface area contributed by atoms with Crippen molar-refractivity contribution in [1.29, 1.82) is 0 Å². The predicted molar refractivity (Wildman–Crippen MR) is 77.6 cm³/mol. The summed E-state index contributed by atoms with van der Waals surface area (Å²) in [5.74, 6) is 0. The van der Waals surface area contributed by atoms with Crippen LogP contribution in [0.15, 0.2) is 36.4 Å². The van der Waals surface area contributed by atoms with E-state index in [2.05, 4.69) is 19.2 Å². The van der Waals surface area contributed by atoms with Crippen LogP contribution in [0.2, 0.25) is 0 Å². The highest BCUT2D eigenvalue weighted by Gasteiger charge is 2.27. The number of hydrogen-bond donors (Lipinski definition) is 1. The van der Waals surface area contributed by atoms with Crippen molar-refractivity contribution in [1.82, 2.24) is 5.32 Å². The van der Waals surface area contributed by atoms with Crippen LogP contribution in [0.25, 0.3) is 6.08 Å². The third-order valence-electron chi connectivity index (χ3n) is 2.34. The normalized spacial score (nSPS) is 14.5. The smallest absolute Gasteiger partial charge is 0.134 e. The minimum atomic E-state index is -0.824. The second kappa shape index (κ2) is 6.44. The van der Waals surface area contributed by atoms with E-state index < -0.39 is 4.33 Å². The fourth-order valence-electron chi connectivity index (χ4n) is 1.50. The van der Waals surface area contributed by atoms with Crippen LogP contribution in [0.3, 0.4) is 0 Å². The Morgan fingerprint density at radius 3 is 2.24 bits per heavy atom. The Balaban J connectivity index is 2.76. The standard InChI is InChI=1S/C14H19Cl2N/c1-11(2)17-13(14(3,15)16)10-9-12-7-5-4-6-8-12/h4-11,13,17H,1-3H3/b10-9+. The molecule has 0 aromatic heterocycles. The van der Waals surface area contributed by atoms with Gasteiger partial charge in [-0.2, -0.15) is 0 Å². The first-order chi connectivity index (χ1) is 7.89. The molecular weight excluding hydrogens is 253 g/mol. The van der Waals surface area contributed by atoms with Crippen LogP contribution in [0.4, 0.5) is 0 Å². The molecule has 0 amide bonds. The largest absolute Gasteiger partial charge is 0.306 e. The quantitative estimate of drug-likeness (QED) is 0.790. The molecule has 0 aliphatic rings. The lowest BCUT2D eigenvalue weighted by atomic mass is 10.1. The topological polar surface area (TPSA) is 12.0 Å².